The molecule has 0 aliphatic carbocycles. The minimum Gasteiger partial charge on any atom is -0.309 e. The Morgan fingerprint density at radius 3 is 1.87 bits per heavy atom. The molecule has 0 amide bonds. The fourth-order valence-electron chi connectivity index (χ4n) is 5.16. The summed E-state index contributed by atoms with van der Waals surface area (Å²) in [5, 5.41) is 11.6. The van der Waals surface area contributed by atoms with Crippen LogP contribution in [-0.2, 0) is 0 Å². The highest BCUT2D eigenvalue weighted by atomic mass is 15.0. The van der Waals surface area contributed by atoms with Gasteiger partial charge in [0.25, 0.3) is 0 Å². The van der Waals surface area contributed by atoms with Gasteiger partial charge < -0.3 is 4.57 Å². The highest BCUT2D eigenvalue weighted by Crippen LogP contribution is 2.35. The van der Waals surface area contributed by atoms with Crippen LogP contribution in [0.3, 0.4) is 0 Å². The van der Waals surface area contributed by atoms with E-state index in [0.29, 0.717) is 11.4 Å². The normalized spacial score (nSPS) is 11.1. The van der Waals surface area contributed by atoms with Gasteiger partial charge in [-0.15, -0.1) is 0 Å². The number of nitrogens with zero attached hydrogens (tertiary/aromatic N) is 4. The van der Waals surface area contributed by atoms with Crippen LogP contribution in [0.25, 0.3) is 61.4 Å². The summed E-state index contributed by atoms with van der Waals surface area (Å²) < 4.78 is 2.31. The minimum absolute atomic E-state index is 0.610. The molecule has 2 heterocycles. The van der Waals surface area contributed by atoms with Crippen molar-refractivity contribution in [3.05, 3.63) is 139 Å². The molecule has 0 aliphatic heterocycles. The summed E-state index contributed by atoms with van der Waals surface area (Å²) in [6.45, 7) is 0. The smallest absolute Gasteiger partial charge is 0.160 e. The van der Waals surface area contributed by atoms with Crippen LogP contribution in [0.5, 0.6) is 0 Å². The van der Waals surface area contributed by atoms with Gasteiger partial charge in [-0.1, -0.05) is 72.8 Å². The van der Waals surface area contributed by atoms with Crippen molar-refractivity contribution in [1.29, 1.82) is 5.26 Å². The fraction of sp³-hybridized carbons (Fsp3) is 0. The first-order valence-corrected chi connectivity index (χ1v) is 12.8. The molecule has 4 heteroatoms. The molecule has 182 valence electrons. The SMILES string of the molecule is N#Cc1ccc(-c2nc(-c3ccccc3)cc(-c3ccc4c(c3)c3ccccc3n4-c3ccccc3)n2)cc1. The van der Waals surface area contributed by atoms with Crippen LogP contribution in [-0.4, -0.2) is 14.5 Å². The van der Waals surface area contributed by atoms with Crippen LogP contribution in [0.4, 0.5) is 0 Å². The average molecular weight is 499 g/mol. The third-order valence-corrected chi connectivity index (χ3v) is 7.05. The third kappa shape index (κ3) is 4.03. The Morgan fingerprint density at radius 2 is 1.13 bits per heavy atom. The van der Waals surface area contributed by atoms with E-state index in [9.17, 15) is 5.26 Å². The highest BCUT2D eigenvalue weighted by molar-refractivity contribution is 6.10. The fourth-order valence-corrected chi connectivity index (χ4v) is 5.16. The topological polar surface area (TPSA) is 54.5 Å². The van der Waals surface area contributed by atoms with Gasteiger partial charge in [0.1, 0.15) is 0 Å². The molecule has 39 heavy (non-hydrogen) atoms. The van der Waals surface area contributed by atoms with E-state index in [1.807, 2.05) is 36.4 Å². The molecule has 4 nitrogen and oxygen atoms in total. The van der Waals surface area contributed by atoms with Crippen LogP contribution < -0.4 is 0 Å². The van der Waals surface area contributed by atoms with E-state index in [1.54, 1.807) is 12.1 Å². The van der Waals surface area contributed by atoms with E-state index in [2.05, 4.69) is 95.6 Å². The summed E-state index contributed by atoms with van der Waals surface area (Å²) in [5.41, 5.74) is 8.68. The predicted octanol–water partition coefficient (Wildman–Crippen LogP) is 8.45. The quantitative estimate of drug-likeness (QED) is 0.245. The molecule has 0 fully saturated rings. The van der Waals surface area contributed by atoms with E-state index < -0.39 is 0 Å². The standard InChI is InChI=1S/C35H22N4/c36-23-24-15-17-26(18-16-24)35-37-31(25-9-3-1-4-10-25)22-32(38-35)27-19-20-34-30(21-27)29-13-7-8-14-33(29)39(34)28-11-5-2-6-12-28/h1-22H. The number of benzene rings is 5. The van der Waals surface area contributed by atoms with Gasteiger partial charge in [-0.2, -0.15) is 5.26 Å². The van der Waals surface area contributed by atoms with Crippen LogP contribution in [0.15, 0.2) is 133 Å². The van der Waals surface area contributed by atoms with E-state index in [1.165, 1.54) is 16.3 Å². The van der Waals surface area contributed by atoms with Crippen molar-refractivity contribution in [2.75, 3.05) is 0 Å². The molecule has 0 saturated heterocycles. The van der Waals surface area contributed by atoms with E-state index in [0.717, 1.165) is 39.3 Å². The molecule has 0 saturated carbocycles. The first-order chi connectivity index (χ1) is 19.3. The average Bonchev–Trinajstić information content (AvgIpc) is 3.35. The predicted molar refractivity (Wildman–Crippen MR) is 157 cm³/mol. The summed E-state index contributed by atoms with van der Waals surface area (Å²) in [5.74, 6) is 0.627. The highest BCUT2D eigenvalue weighted by Gasteiger charge is 2.15. The molecular weight excluding hydrogens is 476 g/mol. The largest absolute Gasteiger partial charge is 0.309 e. The lowest BCUT2D eigenvalue weighted by atomic mass is 10.0. The Hall–Kier alpha value is -5.53. The molecule has 0 atom stereocenters. The van der Waals surface area contributed by atoms with E-state index in [-0.39, 0.29) is 0 Å². The summed E-state index contributed by atoms with van der Waals surface area (Å²) in [4.78, 5) is 9.92. The first kappa shape index (κ1) is 22.7. The van der Waals surface area contributed by atoms with Gasteiger partial charge in [0.15, 0.2) is 5.82 Å². The Bertz CT molecular complexity index is 2000. The summed E-state index contributed by atoms with van der Waals surface area (Å²) in [6.07, 6.45) is 0. The van der Waals surface area contributed by atoms with Crippen molar-refractivity contribution < 1.29 is 0 Å². The van der Waals surface area contributed by atoms with Gasteiger partial charge in [-0.25, -0.2) is 9.97 Å². The van der Waals surface area contributed by atoms with Gasteiger partial charge in [0.2, 0.25) is 0 Å². The lowest BCUT2D eigenvalue weighted by Gasteiger charge is -2.10. The van der Waals surface area contributed by atoms with Gasteiger partial charge in [0.05, 0.1) is 34.1 Å². The molecule has 2 aromatic heterocycles. The number of hydrogen-bond acceptors (Lipinski definition) is 3. The number of nitriles is 1. The van der Waals surface area contributed by atoms with Crippen molar-refractivity contribution in [3.8, 4) is 45.7 Å². The molecular formula is C35H22N4. The second-order valence-electron chi connectivity index (χ2n) is 9.44. The zero-order valence-electron chi connectivity index (χ0n) is 21.0. The van der Waals surface area contributed by atoms with Crippen molar-refractivity contribution >= 4 is 21.8 Å². The molecule has 0 aliphatic rings. The van der Waals surface area contributed by atoms with Crippen LogP contribution in [0.2, 0.25) is 0 Å². The number of hydrogen-bond donors (Lipinski definition) is 0. The van der Waals surface area contributed by atoms with Gasteiger partial charge >= 0.3 is 0 Å². The van der Waals surface area contributed by atoms with E-state index in [4.69, 9.17) is 9.97 Å². The monoisotopic (exact) mass is 498 g/mol. The number of para-hydroxylation sites is 2. The van der Waals surface area contributed by atoms with Crippen molar-refractivity contribution in [1.82, 2.24) is 14.5 Å². The molecule has 5 aromatic carbocycles. The Kier molecular flexibility index (Phi) is 5.46. The maximum Gasteiger partial charge on any atom is 0.160 e. The zero-order chi connectivity index (χ0) is 26.2. The van der Waals surface area contributed by atoms with Crippen molar-refractivity contribution in [2.24, 2.45) is 0 Å². The van der Waals surface area contributed by atoms with Crippen LogP contribution in [0.1, 0.15) is 5.56 Å². The lowest BCUT2D eigenvalue weighted by molar-refractivity contribution is 1.18. The number of aromatic nitrogens is 3. The minimum atomic E-state index is 0.610. The summed E-state index contributed by atoms with van der Waals surface area (Å²) in [6, 6.07) is 47.4. The van der Waals surface area contributed by atoms with Crippen LogP contribution >= 0.6 is 0 Å². The molecule has 7 aromatic rings. The molecule has 0 bridgehead atoms. The Morgan fingerprint density at radius 1 is 0.513 bits per heavy atom. The molecule has 0 spiro atoms. The molecule has 0 unspecified atom stereocenters. The molecule has 0 radical (unpaired) electrons. The number of rotatable bonds is 4. The Balaban J connectivity index is 1.45. The van der Waals surface area contributed by atoms with Gasteiger partial charge in [-0.05, 0) is 60.7 Å². The molecule has 7 rings (SSSR count). The Labute approximate surface area is 226 Å². The maximum absolute atomic E-state index is 9.24. The molecule has 0 N–H and O–H groups in total. The van der Waals surface area contributed by atoms with Gasteiger partial charge in [-0.3, -0.25) is 0 Å². The second-order valence-corrected chi connectivity index (χ2v) is 9.44. The first-order valence-electron chi connectivity index (χ1n) is 12.8. The van der Waals surface area contributed by atoms with Crippen LogP contribution in [0, 0.1) is 11.3 Å². The van der Waals surface area contributed by atoms with E-state index >= 15 is 0 Å². The van der Waals surface area contributed by atoms with Crippen molar-refractivity contribution in [2.45, 2.75) is 0 Å². The third-order valence-electron chi connectivity index (χ3n) is 7.05. The lowest BCUT2D eigenvalue weighted by Crippen LogP contribution is -1.96. The number of fused-ring (bicyclic) bond motifs is 3. The van der Waals surface area contributed by atoms with Crippen molar-refractivity contribution in [3.63, 3.8) is 0 Å². The second kappa shape index (κ2) is 9.41. The van der Waals surface area contributed by atoms with Gasteiger partial charge in [0, 0.05) is 33.2 Å². The zero-order valence-corrected chi connectivity index (χ0v) is 21.0. The maximum atomic E-state index is 9.24. The summed E-state index contributed by atoms with van der Waals surface area (Å²) in [7, 11) is 0. The summed E-state index contributed by atoms with van der Waals surface area (Å²) >= 11 is 0.